The lowest BCUT2D eigenvalue weighted by atomic mass is 9.98. The van der Waals surface area contributed by atoms with Gasteiger partial charge in [0.25, 0.3) is 0 Å². The van der Waals surface area contributed by atoms with E-state index < -0.39 is 0 Å². The van der Waals surface area contributed by atoms with E-state index >= 15 is 0 Å². The molecule has 0 saturated heterocycles. The van der Waals surface area contributed by atoms with E-state index in [9.17, 15) is 4.39 Å². The molecule has 21 heavy (non-hydrogen) atoms. The Bertz CT molecular complexity index is 553. The van der Waals surface area contributed by atoms with Crippen LogP contribution in [-0.4, -0.2) is 13.2 Å². The van der Waals surface area contributed by atoms with Crippen molar-refractivity contribution in [3.63, 3.8) is 0 Å². The normalized spacial score (nSPS) is 12.1. The number of hydrogen-bond acceptors (Lipinski definition) is 2. The van der Waals surface area contributed by atoms with Crippen LogP contribution in [0.2, 0.25) is 0 Å². The van der Waals surface area contributed by atoms with Crippen molar-refractivity contribution in [2.24, 2.45) is 0 Å². The summed E-state index contributed by atoms with van der Waals surface area (Å²) in [6, 6.07) is 14.8. The fraction of sp³-hybridized carbons (Fsp3) is 0.333. The van der Waals surface area contributed by atoms with E-state index in [1.54, 1.807) is 0 Å². The van der Waals surface area contributed by atoms with Gasteiger partial charge in [-0.15, -0.1) is 0 Å². The first-order valence-electron chi connectivity index (χ1n) is 7.46. The number of hydrogen-bond donors (Lipinski definition) is 1. The zero-order valence-corrected chi connectivity index (χ0v) is 12.6. The first-order chi connectivity index (χ1) is 10.2. The molecule has 2 nitrogen and oxygen atoms in total. The zero-order chi connectivity index (χ0) is 15.1. The van der Waals surface area contributed by atoms with Crippen LogP contribution in [0, 0.1) is 5.82 Å². The molecule has 0 aliphatic carbocycles. The number of halogens is 1. The molecule has 0 radical (unpaired) electrons. The topological polar surface area (TPSA) is 21.3 Å². The molecule has 0 aliphatic rings. The maximum absolute atomic E-state index is 13.1. The third kappa shape index (κ3) is 4.30. The van der Waals surface area contributed by atoms with Crippen molar-refractivity contribution in [3.8, 4) is 5.75 Å². The van der Waals surface area contributed by atoms with Gasteiger partial charge in [0.2, 0.25) is 0 Å². The minimum absolute atomic E-state index is 0.0424. The summed E-state index contributed by atoms with van der Waals surface area (Å²) in [5, 5.41) is 3.44. The molecule has 0 saturated carbocycles. The van der Waals surface area contributed by atoms with Gasteiger partial charge in [0.15, 0.2) is 0 Å². The van der Waals surface area contributed by atoms with Crippen LogP contribution in [-0.2, 0) is 0 Å². The quantitative estimate of drug-likeness (QED) is 0.819. The Morgan fingerprint density at radius 3 is 2.48 bits per heavy atom. The summed E-state index contributed by atoms with van der Waals surface area (Å²) >= 11 is 0. The number of rotatable bonds is 7. The molecule has 1 N–H and O–H groups in total. The van der Waals surface area contributed by atoms with Crippen LogP contribution in [0.3, 0.4) is 0 Å². The minimum atomic E-state index is -0.214. The van der Waals surface area contributed by atoms with Crippen LogP contribution in [0.4, 0.5) is 4.39 Å². The van der Waals surface area contributed by atoms with E-state index in [0.29, 0.717) is 6.61 Å². The maximum Gasteiger partial charge on any atom is 0.123 e. The van der Waals surface area contributed by atoms with Crippen molar-refractivity contribution < 1.29 is 9.13 Å². The van der Waals surface area contributed by atoms with Crippen LogP contribution < -0.4 is 10.1 Å². The molecule has 2 rings (SSSR count). The Hall–Kier alpha value is -1.87. The Kier molecular flexibility index (Phi) is 5.76. The van der Waals surface area contributed by atoms with Gasteiger partial charge < -0.3 is 10.1 Å². The highest BCUT2D eigenvalue weighted by Gasteiger charge is 2.13. The highest BCUT2D eigenvalue weighted by Crippen LogP contribution is 2.25. The summed E-state index contributed by atoms with van der Waals surface area (Å²) < 4.78 is 18.8. The van der Waals surface area contributed by atoms with Gasteiger partial charge in [0.05, 0.1) is 12.6 Å². The first-order valence-corrected chi connectivity index (χ1v) is 7.46. The Balaban J connectivity index is 2.27. The summed E-state index contributed by atoms with van der Waals surface area (Å²) in [6.07, 6.45) is 0.985. The standard InChI is InChI=1S/C18H22FNO/c1-3-12-21-17-7-5-6-15(13-17)18(20-4-2)14-8-10-16(19)11-9-14/h5-11,13,18,20H,3-4,12H2,1-2H3. The molecular weight excluding hydrogens is 265 g/mol. The smallest absolute Gasteiger partial charge is 0.123 e. The van der Waals surface area contributed by atoms with Gasteiger partial charge in [-0.2, -0.15) is 0 Å². The molecule has 0 aromatic heterocycles. The molecule has 0 amide bonds. The van der Waals surface area contributed by atoms with Crippen molar-refractivity contribution in [1.29, 1.82) is 0 Å². The van der Waals surface area contributed by atoms with Gasteiger partial charge >= 0.3 is 0 Å². The molecule has 1 atom stereocenters. The van der Waals surface area contributed by atoms with Gasteiger partial charge in [-0.3, -0.25) is 0 Å². The van der Waals surface area contributed by atoms with Crippen molar-refractivity contribution >= 4 is 0 Å². The number of nitrogens with one attached hydrogen (secondary N) is 1. The van der Waals surface area contributed by atoms with Gasteiger partial charge in [-0.05, 0) is 48.4 Å². The molecule has 0 bridgehead atoms. The monoisotopic (exact) mass is 287 g/mol. The van der Waals surface area contributed by atoms with Crippen molar-refractivity contribution in [3.05, 3.63) is 65.5 Å². The summed E-state index contributed by atoms with van der Waals surface area (Å²) in [7, 11) is 0. The molecule has 0 aliphatic heterocycles. The minimum Gasteiger partial charge on any atom is -0.494 e. The molecular formula is C18H22FNO. The van der Waals surface area contributed by atoms with E-state index in [-0.39, 0.29) is 11.9 Å². The second-order valence-corrected chi connectivity index (χ2v) is 4.96. The summed E-state index contributed by atoms with van der Waals surface area (Å²) in [4.78, 5) is 0. The third-order valence-electron chi connectivity index (χ3n) is 3.28. The van der Waals surface area contributed by atoms with Crippen molar-refractivity contribution in [2.45, 2.75) is 26.3 Å². The third-order valence-corrected chi connectivity index (χ3v) is 3.28. The Morgan fingerprint density at radius 1 is 1.05 bits per heavy atom. The van der Waals surface area contributed by atoms with Gasteiger partial charge in [0, 0.05) is 0 Å². The maximum atomic E-state index is 13.1. The van der Waals surface area contributed by atoms with Gasteiger partial charge in [-0.25, -0.2) is 4.39 Å². The lowest BCUT2D eigenvalue weighted by Crippen LogP contribution is -2.22. The Labute approximate surface area is 126 Å². The summed E-state index contributed by atoms with van der Waals surface area (Å²) in [5.41, 5.74) is 2.17. The summed E-state index contributed by atoms with van der Waals surface area (Å²) in [5.74, 6) is 0.661. The van der Waals surface area contributed by atoms with Crippen LogP contribution >= 0.6 is 0 Å². The average molecular weight is 287 g/mol. The van der Waals surface area contributed by atoms with Gasteiger partial charge in [-0.1, -0.05) is 38.1 Å². The number of benzene rings is 2. The fourth-order valence-electron chi connectivity index (χ4n) is 2.29. The van der Waals surface area contributed by atoms with E-state index in [1.165, 1.54) is 12.1 Å². The van der Waals surface area contributed by atoms with Crippen LogP contribution in [0.15, 0.2) is 48.5 Å². The van der Waals surface area contributed by atoms with E-state index in [2.05, 4.69) is 25.2 Å². The largest absolute Gasteiger partial charge is 0.494 e. The highest BCUT2D eigenvalue weighted by molar-refractivity contribution is 5.36. The molecule has 0 fully saturated rings. The van der Waals surface area contributed by atoms with Crippen molar-refractivity contribution in [1.82, 2.24) is 5.32 Å². The highest BCUT2D eigenvalue weighted by atomic mass is 19.1. The molecule has 2 aromatic carbocycles. The van der Waals surface area contributed by atoms with Crippen LogP contribution in [0.25, 0.3) is 0 Å². The van der Waals surface area contributed by atoms with E-state index in [4.69, 9.17) is 4.74 Å². The first kappa shape index (κ1) is 15.5. The second kappa shape index (κ2) is 7.79. The van der Waals surface area contributed by atoms with Crippen LogP contribution in [0.5, 0.6) is 5.75 Å². The lowest BCUT2D eigenvalue weighted by Gasteiger charge is -2.20. The zero-order valence-electron chi connectivity index (χ0n) is 12.6. The SMILES string of the molecule is CCCOc1cccc(C(NCC)c2ccc(F)cc2)c1. The lowest BCUT2D eigenvalue weighted by molar-refractivity contribution is 0.317. The predicted molar refractivity (Wildman–Crippen MR) is 84.1 cm³/mol. The summed E-state index contributed by atoms with van der Waals surface area (Å²) in [6.45, 7) is 5.70. The van der Waals surface area contributed by atoms with Crippen LogP contribution in [0.1, 0.15) is 37.4 Å². The second-order valence-electron chi connectivity index (χ2n) is 4.96. The molecule has 0 heterocycles. The fourth-order valence-corrected chi connectivity index (χ4v) is 2.29. The molecule has 0 spiro atoms. The van der Waals surface area contributed by atoms with Gasteiger partial charge in [0.1, 0.15) is 11.6 Å². The molecule has 3 heteroatoms. The van der Waals surface area contributed by atoms with E-state index in [1.807, 2.05) is 30.3 Å². The molecule has 112 valence electrons. The Morgan fingerprint density at radius 2 is 1.81 bits per heavy atom. The number of ether oxygens (including phenoxy) is 1. The average Bonchev–Trinajstić information content (AvgIpc) is 2.52. The predicted octanol–water partition coefficient (Wildman–Crippen LogP) is 4.31. The van der Waals surface area contributed by atoms with Crippen molar-refractivity contribution in [2.75, 3.05) is 13.2 Å². The molecule has 1 unspecified atom stereocenters. The molecule has 2 aromatic rings. The van der Waals surface area contributed by atoms with E-state index in [0.717, 1.165) is 29.8 Å².